The van der Waals surface area contributed by atoms with Crippen LogP contribution in [0, 0.1) is 0 Å². The van der Waals surface area contributed by atoms with Gasteiger partial charge in [-0.3, -0.25) is 0 Å². The van der Waals surface area contributed by atoms with Crippen molar-refractivity contribution in [3.05, 3.63) is 35.7 Å². The van der Waals surface area contributed by atoms with Crippen LogP contribution < -0.4 is 0 Å². The monoisotopic (exact) mass is 149 g/mol. The lowest BCUT2D eigenvalue weighted by Crippen LogP contribution is -1.58. The van der Waals surface area contributed by atoms with Crippen LogP contribution in [0.1, 0.15) is 0 Å². The van der Waals surface area contributed by atoms with Gasteiger partial charge < -0.3 is 0 Å². The second kappa shape index (κ2) is 2.10. The molecule has 0 saturated carbocycles. The van der Waals surface area contributed by atoms with Crippen molar-refractivity contribution in [3.8, 4) is 0 Å². The van der Waals surface area contributed by atoms with Gasteiger partial charge >= 0.3 is 0 Å². The third kappa shape index (κ3) is 0.745. The minimum absolute atomic E-state index is 0.372. The standard InChI is InChI=1S/C9H9S/c1-10-7-6-8-4-2-3-5-9(8)10/h2-7H,1H3/q+1. The van der Waals surface area contributed by atoms with Gasteiger partial charge in [0.05, 0.1) is 0 Å². The molecule has 0 radical (unpaired) electrons. The van der Waals surface area contributed by atoms with E-state index in [0.29, 0.717) is 10.5 Å². The summed E-state index contributed by atoms with van der Waals surface area (Å²) in [6.07, 6.45) is 2.25. The molecule has 1 unspecified atom stereocenters. The zero-order valence-electron chi connectivity index (χ0n) is 5.87. The van der Waals surface area contributed by atoms with Crippen molar-refractivity contribution in [2.75, 3.05) is 0 Å². The second-order valence-corrected chi connectivity index (χ2v) is 4.23. The molecule has 0 spiro atoms. The Kier molecular flexibility index (Phi) is 1.24. The number of fused-ring (bicyclic) bond motifs is 1. The summed E-state index contributed by atoms with van der Waals surface area (Å²) in [6.45, 7) is 0. The third-order valence-corrected chi connectivity index (χ3v) is 3.33. The second-order valence-electron chi connectivity index (χ2n) is 2.40. The summed E-state index contributed by atoms with van der Waals surface area (Å²) in [4.78, 5) is 0. The minimum atomic E-state index is 0.372. The maximum Gasteiger partial charge on any atom is 0.180 e. The van der Waals surface area contributed by atoms with Gasteiger partial charge in [-0.1, -0.05) is 12.1 Å². The molecule has 1 aromatic heterocycles. The highest BCUT2D eigenvalue weighted by atomic mass is 32.2. The van der Waals surface area contributed by atoms with Crippen LogP contribution in [-0.4, -0.2) is 0 Å². The molecule has 0 aliphatic carbocycles. The highest BCUT2D eigenvalue weighted by Crippen LogP contribution is 2.27. The molecule has 1 atom stereocenters. The van der Waals surface area contributed by atoms with Gasteiger partial charge in [-0.05, 0) is 22.6 Å². The van der Waals surface area contributed by atoms with Crippen LogP contribution in [0.5, 0.6) is 0 Å². The first-order chi connectivity index (χ1) is 4.88. The highest BCUT2D eigenvalue weighted by molar-refractivity contribution is 7.34. The molecule has 0 bridgehead atoms. The van der Waals surface area contributed by atoms with Crippen molar-refractivity contribution >= 4 is 20.6 Å². The van der Waals surface area contributed by atoms with Gasteiger partial charge in [0, 0.05) is 11.5 Å². The number of hydrogen-bond acceptors (Lipinski definition) is 0. The molecule has 2 aromatic rings. The van der Waals surface area contributed by atoms with E-state index in [-0.39, 0.29) is 0 Å². The fourth-order valence-corrected chi connectivity index (χ4v) is 2.46. The maximum absolute atomic E-state index is 2.27. The Hall–Kier alpha value is -0.820. The molecule has 10 heavy (non-hydrogen) atoms. The largest absolute Gasteiger partial charge is 0.180 e. The van der Waals surface area contributed by atoms with Crippen molar-refractivity contribution in [1.82, 2.24) is 0 Å². The fraction of sp³-hybridized carbons (Fsp3) is 0.111. The fourth-order valence-electron chi connectivity index (χ4n) is 1.16. The first kappa shape index (κ1) is 5.93. The molecule has 0 N–H and O–H groups in total. The summed E-state index contributed by atoms with van der Waals surface area (Å²) >= 11 is 0. The van der Waals surface area contributed by atoms with Gasteiger partial charge in [-0.25, -0.2) is 0 Å². The number of rotatable bonds is 0. The van der Waals surface area contributed by atoms with E-state index < -0.39 is 0 Å². The van der Waals surface area contributed by atoms with Crippen LogP contribution in [0.2, 0.25) is 0 Å². The van der Waals surface area contributed by atoms with Crippen molar-refractivity contribution in [1.29, 1.82) is 0 Å². The lowest BCUT2D eigenvalue weighted by Gasteiger charge is -1.80. The first-order valence-electron chi connectivity index (χ1n) is 3.30. The van der Waals surface area contributed by atoms with Crippen LogP contribution in [-0.2, 0) is 6.26 Å². The van der Waals surface area contributed by atoms with Crippen LogP contribution in [0.3, 0.4) is 0 Å². The van der Waals surface area contributed by atoms with Crippen molar-refractivity contribution in [3.63, 3.8) is 0 Å². The zero-order chi connectivity index (χ0) is 6.97. The lowest BCUT2D eigenvalue weighted by molar-refractivity contribution is 1.85. The molecule has 0 saturated heterocycles. The SMILES string of the molecule is C[s+]1ccc2ccccc21. The molecule has 1 aromatic carbocycles. The highest BCUT2D eigenvalue weighted by Gasteiger charge is 2.03. The van der Waals surface area contributed by atoms with E-state index in [1.165, 1.54) is 10.1 Å². The molecule has 50 valence electrons. The zero-order valence-corrected chi connectivity index (χ0v) is 6.69. The van der Waals surface area contributed by atoms with Gasteiger partial charge in [-0.2, -0.15) is 0 Å². The Balaban J connectivity index is 2.93. The average Bonchev–Trinajstić information content (AvgIpc) is 2.34. The number of benzene rings is 1. The number of hydrogen-bond donors (Lipinski definition) is 0. The predicted molar refractivity (Wildman–Crippen MR) is 47.4 cm³/mol. The third-order valence-electron chi connectivity index (χ3n) is 1.72. The smallest absolute Gasteiger partial charge is 0.0613 e. The summed E-state index contributed by atoms with van der Waals surface area (Å²) < 4.78 is 1.49. The number of thiophene rings is 1. The Bertz CT molecular complexity index is 346. The van der Waals surface area contributed by atoms with E-state index in [9.17, 15) is 0 Å². The topological polar surface area (TPSA) is 0 Å². The van der Waals surface area contributed by atoms with Crippen molar-refractivity contribution < 1.29 is 0 Å². The van der Waals surface area contributed by atoms with Gasteiger partial charge in [-0.15, -0.1) is 0 Å². The van der Waals surface area contributed by atoms with Crippen LogP contribution in [0.25, 0.3) is 10.1 Å². The maximum atomic E-state index is 2.27. The summed E-state index contributed by atoms with van der Waals surface area (Å²) in [7, 11) is 0.372. The molecule has 0 aliphatic heterocycles. The molecule has 0 fully saturated rings. The lowest BCUT2D eigenvalue weighted by atomic mass is 10.3. The van der Waals surface area contributed by atoms with E-state index in [1.807, 2.05) is 0 Å². The normalized spacial score (nSPS) is 12.3. The quantitative estimate of drug-likeness (QED) is 0.505. The summed E-state index contributed by atoms with van der Waals surface area (Å²) in [5, 5.41) is 3.67. The molecule has 1 heterocycles. The molecule has 1 heteroatoms. The Morgan fingerprint density at radius 3 is 2.70 bits per heavy atom. The van der Waals surface area contributed by atoms with Gasteiger partial charge in [0.25, 0.3) is 0 Å². The van der Waals surface area contributed by atoms with E-state index in [2.05, 4.69) is 42.0 Å². The van der Waals surface area contributed by atoms with Crippen LogP contribution in [0.15, 0.2) is 35.7 Å². The van der Waals surface area contributed by atoms with E-state index in [1.54, 1.807) is 0 Å². The van der Waals surface area contributed by atoms with Crippen molar-refractivity contribution in [2.45, 2.75) is 0 Å². The van der Waals surface area contributed by atoms with Gasteiger partial charge in [0.1, 0.15) is 11.6 Å². The van der Waals surface area contributed by atoms with Gasteiger partial charge in [0.2, 0.25) is 0 Å². The molecular formula is C9H9S+. The van der Waals surface area contributed by atoms with Crippen LogP contribution in [0.4, 0.5) is 0 Å². The van der Waals surface area contributed by atoms with Crippen LogP contribution >= 0.6 is 10.5 Å². The predicted octanol–water partition coefficient (Wildman–Crippen LogP) is 3.13. The molecule has 0 aliphatic rings. The summed E-state index contributed by atoms with van der Waals surface area (Å²) in [5.41, 5.74) is 0. The molecule has 0 nitrogen and oxygen atoms in total. The Morgan fingerprint density at radius 1 is 1.10 bits per heavy atom. The summed E-state index contributed by atoms with van der Waals surface area (Å²) in [5.74, 6) is 0. The first-order valence-corrected chi connectivity index (χ1v) is 4.99. The van der Waals surface area contributed by atoms with E-state index >= 15 is 0 Å². The Morgan fingerprint density at radius 2 is 1.90 bits per heavy atom. The number of aryl methyl sites for hydroxylation is 1. The molecule has 2 rings (SSSR count). The minimum Gasteiger partial charge on any atom is -0.0613 e. The summed E-state index contributed by atoms with van der Waals surface area (Å²) in [6, 6.07) is 10.8. The molecule has 0 amide bonds. The van der Waals surface area contributed by atoms with Gasteiger partial charge in [0.15, 0.2) is 4.70 Å². The van der Waals surface area contributed by atoms with E-state index in [4.69, 9.17) is 0 Å². The van der Waals surface area contributed by atoms with E-state index in [0.717, 1.165) is 0 Å². The molecular weight excluding hydrogens is 140 g/mol. The Labute approximate surface area is 63.1 Å². The average molecular weight is 149 g/mol. The van der Waals surface area contributed by atoms with Crippen molar-refractivity contribution in [2.24, 2.45) is 6.26 Å².